The molecular formula is C53H38N2O. The maximum absolute atomic E-state index is 6.32. The molecule has 9 aromatic carbocycles. The highest BCUT2D eigenvalue weighted by Crippen LogP contribution is 2.51. The Bertz CT molecular complexity index is 3080. The Hall–Kier alpha value is -7.10. The Kier molecular flexibility index (Phi) is 7.20. The van der Waals surface area contributed by atoms with Gasteiger partial charge in [0.05, 0.1) is 5.69 Å². The van der Waals surface area contributed by atoms with Gasteiger partial charge in [-0.25, -0.2) is 0 Å². The van der Waals surface area contributed by atoms with Gasteiger partial charge in [-0.3, -0.25) is 0 Å². The van der Waals surface area contributed by atoms with Crippen molar-refractivity contribution in [2.75, 3.05) is 9.80 Å². The quantitative estimate of drug-likeness (QED) is 0.160. The van der Waals surface area contributed by atoms with Crippen LogP contribution in [0.5, 0.6) is 0 Å². The molecule has 3 nitrogen and oxygen atoms in total. The zero-order valence-electron chi connectivity index (χ0n) is 31.3. The molecule has 0 radical (unpaired) electrons. The molecule has 0 fully saturated rings. The average Bonchev–Trinajstić information content (AvgIpc) is 3.72. The predicted octanol–water partition coefficient (Wildman–Crippen LogP) is 15.1. The summed E-state index contributed by atoms with van der Waals surface area (Å²) in [5, 5.41) is 7.16. The van der Waals surface area contributed by atoms with Crippen LogP contribution in [0.1, 0.15) is 25.0 Å². The number of hydrogen-bond acceptors (Lipinski definition) is 3. The van der Waals surface area contributed by atoms with Crippen molar-refractivity contribution < 1.29 is 4.42 Å². The van der Waals surface area contributed by atoms with Crippen molar-refractivity contribution in [3.8, 4) is 11.1 Å². The molecule has 0 aliphatic heterocycles. The van der Waals surface area contributed by atoms with Gasteiger partial charge in [0.15, 0.2) is 0 Å². The molecule has 10 aromatic rings. The van der Waals surface area contributed by atoms with Crippen LogP contribution in [0.3, 0.4) is 0 Å². The largest absolute Gasteiger partial charge is 0.456 e. The van der Waals surface area contributed by atoms with E-state index in [4.69, 9.17) is 4.42 Å². The third kappa shape index (κ3) is 4.98. The summed E-state index contributed by atoms with van der Waals surface area (Å²) in [5.74, 6) is 0. The third-order valence-electron chi connectivity index (χ3n) is 11.8. The van der Waals surface area contributed by atoms with E-state index in [9.17, 15) is 0 Å². The molecule has 1 aliphatic carbocycles. The lowest BCUT2D eigenvalue weighted by Crippen LogP contribution is -2.14. The Balaban J connectivity index is 1.15. The Morgan fingerprint density at radius 3 is 1.79 bits per heavy atom. The third-order valence-corrected chi connectivity index (χ3v) is 11.8. The van der Waals surface area contributed by atoms with E-state index >= 15 is 0 Å². The number of para-hydroxylation sites is 3. The van der Waals surface area contributed by atoms with Gasteiger partial charge in [-0.1, -0.05) is 123 Å². The molecule has 1 aromatic heterocycles. The van der Waals surface area contributed by atoms with Crippen molar-refractivity contribution in [1.82, 2.24) is 0 Å². The van der Waals surface area contributed by atoms with Crippen LogP contribution in [-0.4, -0.2) is 0 Å². The van der Waals surface area contributed by atoms with Gasteiger partial charge in [-0.2, -0.15) is 0 Å². The van der Waals surface area contributed by atoms with E-state index in [1.165, 1.54) is 43.8 Å². The summed E-state index contributed by atoms with van der Waals surface area (Å²) in [4.78, 5) is 4.74. The molecule has 0 atom stereocenters. The highest BCUT2D eigenvalue weighted by Gasteiger charge is 2.35. The molecule has 0 spiro atoms. The number of hydrogen-bond donors (Lipinski definition) is 0. The van der Waals surface area contributed by atoms with E-state index < -0.39 is 0 Å². The van der Waals surface area contributed by atoms with Crippen molar-refractivity contribution in [3.05, 3.63) is 205 Å². The van der Waals surface area contributed by atoms with Crippen LogP contribution in [0, 0.1) is 0 Å². The first-order chi connectivity index (χ1) is 27.5. The Morgan fingerprint density at radius 2 is 0.982 bits per heavy atom. The minimum Gasteiger partial charge on any atom is -0.456 e. The molecule has 0 saturated carbocycles. The summed E-state index contributed by atoms with van der Waals surface area (Å²) >= 11 is 0. The van der Waals surface area contributed by atoms with E-state index in [0.717, 1.165) is 56.1 Å². The van der Waals surface area contributed by atoms with E-state index in [2.05, 4.69) is 206 Å². The van der Waals surface area contributed by atoms with Crippen LogP contribution >= 0.6 is 0 Å². The lowest BCUT2D eigenvalue weighted by molar-refractivity contribution is 0.661. The minimum atomic E-state index is -0.0848. The molecule has 0 saturated heterocycles. The Morgan fingerprint density at radius 1 is 0.357 bits per heavy atom. The number of furan rings is 1. The van der Waals surface area contributed by atoms with E-state index in [1.54, 1.807) is 0 Å². The summed E-state index contributed by atoms with van der Waals surface area (Å²) in [6, 6.07) is 70.2. The van der Waals surface area contributed by atoms with Gasteiger partial charge in [0, 0.05) is 50.0 Å². The molecule has 3 heteroatoms. The van der Waals surface area contributed by atoms with Gasteiger partial charge >= 0.3 is 0 Å². The van der Waals surface area contributed by atoms with Gasteiger partial charge in [0.1, 0.15) is 11.2 Å². The molecular weight excluding hydrogens is 681 g/mol. The van der Waals surface area contributed by atoms with Crippen molar-refractivity contribution in [1.29, 1.82) is 0 Å². The standard InChI is InChI=1S/C53H38N2O/c1-53(2)48-24-11-9-21-42(48)46-31-35-27-29-43-41(45(35)34-49(46)53)23-14-25-50(43)55(40-28-30-52-47(33-40)44-22-10-12-26-51(44)56-52)39-20-13-19-38(32-39)54(36-15-5-3-6-16-36)37-17-7-4-8-18-37/h3-34H,1-2H3. The fourth-order valence-corrected chi connectivity index (χ4v) is 9.12. The van der Waals surface area contributed by atoms with Gasteiger partial charge in [0.2, 0.25) is 0 Å². The van der Waals surface area contributed by atoms with Crippen LogP contribution in [-0.2, 0) is 5.41 Å². The topological polar surface area (TPSA) is 19.6 Å². The first-order valence-corrected chi connectivity index (χ1v) is 19.3. The zero-order chi connectivity index (χ0) is 37.4. The second kappa shape index (κ2) is 12.5. The van der Waals surface area contributed by atoms with Crippen LogP contribution in [0.4, 0.5) is 34.1 Å². The number of fused-ring (bicyclic) bond motifs is 9. The van der Waals surface area contributed by atoms with Gasteiger partial charge in [-0.05, 0) is 123 Å². The summed E-state index contributed by atoms with van der Waals surface area (Å²) in [5.41, 5.74) is 13.7. The SMILES string of the molecule is CC1(C)c2ccccc2-c2cc3ccc4c(N(c5cccc(N(c6ccccc6)c6ccccc6)c5)c5ccc6oc7ccccc7c6c5)cccc4c3cc21. The molecule has 266 valence electrons. The number of anilines is 6. The molecule has 0 N–H and O–H groups in total. The lowest BCUT2D eigenvalue weighted by atomic mass is 9.81. The fraction of sp³-hybridized carbons (Fsp3) is 0.0566. The second-order valence-corrected chi connectivity index (χ2v) is 15.4. The van der Waals surface area contributed by atoms with Crippen LogP contribution in [0.15, 0.2) is 199 Å². The molecule has 0 unspecified atom stereocenters. The monoisotopic (exact) mass is 718 g/mol. The van der Waals surface area contributed by atoms with E-state index in [0.29, 0.717) is 0 Å². The molecule has 0 amide bonds. The maximum Gasteiger partial charge on any atom is 0.135 e. The van der Waals surface area contributed by atoms with Gasteiger partial charge < -0.3 is 14.2 Å². The fourth-order valence-electron chi connectivity index (χ4n) is 9.12. The van der Waals surface area contributed by atoms with Crippen molar-refractivity contribution in [2.24, 2.45) is 0 Å². The second-order valence-electron chi connectivity index (χ2n) is 15.4. The van der Waals surface area contributed by atoms with Crippen molar-refractivity contribution >= 4 is 77.6 Å². The van der Waals surface area contributed by atoms with E-state index in [-0.39, 0.29) is 5.41 Å². The van der Waals surface area contributed by atoms with Crippen molar-refractivity contribution in [3.63, 3.8) is 0 Å². The lowest BCUT2D eigenvalue weighted by Gasteiger charge is -2.30. The minimum absolute atomic E-state index is 0.0848. The summed E-state index contributed by atoms with van der Waals surface area (Å²) < 4.78 is 6.32. The van der Waals surface area contributed by atoms with Gasteiger partial charge in [0.25, 0.3) is 0 Å². The number of rotatable bonds is 6. The number of benzene rings is 9. The summed E-state index contributed by atoms with van der Waals surface area (Å²) in [6.45, 7) is 4.72. The highest BCUT2D eigenvalue weighted by atomic mass is 16.3. The number of nitrogens with zero attached hydrogens (tertiary/aromatic N) is 2. The van der Waals surface area contributed by atoms with E-state index in [1.807, 2.05) is 12.1 Å². The van der Waals surface area contributed by atoms with Gasteiger partial charge in [-0.15, -0.1) is 0 Å². The predicted molar refractivity (Wildman–Crippen MR) is 236 cm³/mol. The Labute approximate surface area is 326 Å². The average molecular weight is 719 g/mol. The summed E-state index contributed by atoms with van der Waals surface area (Å²) in [7, 11) is 0. The zero-order valence-corrected chi connectivity index (χ0v) is 31.3. The normalized spacial score (nSPS) is 13.0. The van der Waals surface area contributed by atoms with Crippen LogP contribution in [0.2, 0.25) is 0 Å². The first kappa shape index (κ1) is 32.3. The maximum atomic E-state index is 6.32. The van der Waals surface area contributed by atoms with Crippen molar-refractivity contribution in [2.45, 2.75) is 19.3 Å². The molecule has 1 aliphatic rings. The molecule has 0 bridgehead atoms. The smallest absolute Gasteiger partial charge is 0.135 e. The molecule has 1 heterocycles. The first-order valence-electron chi connectivity index (χ1n) is 19.3. The summed E-state index contributed by atoms with van der Waals surface area (Å²) in [6.07, 6.45) is 0. The molecule has 56 heavy (non-hydrogen) atoms. The van der Waals surface area contributed by atoms with Crippen LogP contribution < -0.4 is 9.80 Å². The molecule has 11 rings (SSSR count). The van der Waals surface area contributed by atoms with Crippen LogP contribution in [0.25, 0.3) is 54.6 Å². The highest BCUT2D eigenvalue weighted by molar-refractivity contribution is 6.15.